The van der Waals surface area contributed by atoms with E-state index in [9.17, 15) is 0 Å². The van der Waals surface area contributed by atoms with Gasteiger partial charge in [0.2, 0.25) is 0 Å². The number of hydrogen-bond donors (Lipinski definition) is 2. The van der Waals surface area contributed by atoms with Gasteiger partial charge in [-0.25, -0.2) is 0 Å². The topological polar surface area (TPSA) is 42.5 Å². The van der Waals surface area contributed by atoms with E-state index in [1.165, 1.54) is 0 Å². The number of methoxy groups -OCH3 is 2. The summed E-state index contributed by atoms with van der Waals surface area (Å²) in [6.45, 7) is 7.14. The van der Waals surface area contributed by atoms with Gasteiger partial charge in [-0.1, -0.05) is 13.8 Å². The Morgan fingerprint density at radius 1 is 1.11 bits per heavy atom. The van der Waals surface area contributed by atoms with Gasteiger partial charge >= 0.3 is 0 Å². The van der Waals surface area contributed by atoms with Crippen molar-refractivity contribution in [3.63, 3.8) is 0 Å². The van der Waals surface area contributed by atoms with E-state index in [4.69, 9.17) is 9.47 Å². The summed E-state index contributed by atoms with van der Waals surface area (Å²) in [4.78, 5) is 0. The van der Waals surface area contributed by atoms with Crippen molar-refractivity contribution in [1.82, 2.24) is 10.6 Å². The Labute approximate surface area is 116 Å². The van der Waals surface area contributed by atoms with E-state index < -0.39 is 0 Å². The lowest BCUT2D eigenvalue weighted by atomic mass is 10.2. The minimum Gasteiger partial charge on any atom is -0.497 e. The van der Waals surface area contributed by atoms with E-state index >= 15 is 0 Å². The van der Waals surface area contributed by atoms with Crippen LogP contribution in [0, 0.1) is 0 Å². The highest BCUT2D eigenvalue weighted by atomic mass is 16.5. The molecule has 0 atom stereocenters. The van der Waals surface area contributed by atoms with E-state index in [1.54, 1.807) is 14.2 Å². The second kappa shape index (κ2) is 8.77. The van der Waals surface area contributed by atoms with Crippen LogP contribution in [0.25, 0.3) is 0 Å². The van der Waals surface area contributed by atoms with Crippen LogP contribution in [-0.2, 0) is 6.54 Å². The molecule has 0 fully saturated rings. The minimum absolute atomic E-state index is 0.554. The smallest absolute Gasteiger partial charge is 0.123 e. The molecule has 4 heteroatoms. The van der Waals surface area contributed by atoms with Crippen LogP contribution in [0.1, 0.15) is 25.8 Å². The largest absolute Gasteiger partial charge is 0.497 e. The van der Waals surface area contributed by atoms with Crippen LogP contribution in [0.3, 0.4) is 0 Å². The van der Waals surface area contributed by atoms with Crippen molar-refractivity contribution in [1.29, 1.82) is 0 Å². The average molecular weight is 266 g/mol. The molecule has 0 aromatic heterocycles. The van der Waals surface area contributed by atoms with Crippen molar-refractivity contribution < 1.29 is 9.47 Å². The molecule has 1 aromatic rings. The fraction of sp³-hybridized carbons (Fsp3) is 0.600. The van der Waals surface area contributed by atoms with Gasteiger partial charge in [-0.2, -0.15) is 0 Å². The van der Waals surface area contributed by atoms with E-state index in [1.807, 2.05) is 18.2 Å². The van der Waals surface area contributed by atoms with Crippen LogP contribution in [0.5, 0.6) is 11.5 Å². The molecule has 0 aliphatic carbocycles. The first-order chi connectivity index (χ1) is 9.17. The highest BCUT2D eigenvalue weighted by molar-refractivity contribution is 5.40. The Morgan fingerprint density at radius 3 is 2.53 bits per heavy atom. The third-order valence-corrected chi connectivity index (χ3v) is 2.89. The molecule has 0 aliphatic rings. The van der Waals surface area contributed by atoms with Gasteiger partial charge in [-0.15, -0.1) is 0 Å². The van der Waals surface area contributed by atoms with E-state index in [0.717, 1.165) is 43.1 Å². The van der Waals surface area contributed by atoms with Gasteiger partial charge in [0.25, 0.3) is 0 Å². The molecule has 1 rings (SSSR count). The molecule has 0 bridgehead atoms. The maximum absolute atomic E-state index is 5.35. The Morgan fingerprint density at radius 2 is 1.89 bits per heavy atom. The summed E-state index contributed by atoms with van der Waals surface area (Å²) >= 11 is 0. The number of rotatable bonds is 9. The molecule has 0 amide bonds. The first-order valence-corrected chi connectivity index (χ1v) is 6.82. The zero-order valence-electron chi connectivity index (χ0n) is 12.5. The lowest BCUT2D eigenvalue weighted by Crippen LogP contribution is -2.26. The lowest BCUT2D eigenvalue weighted by molar-refractivity contribution is 0.397. The fourth-order valence-electron chi connectivity index (χ4n) is 1.85. The third kappa shape index (κ3) is 5.94. The molecule has 0 radical (unpaired) electrons. The average Bonchev–Trinajstić information content (AvgIpc) is 2.42. The van der Waals surface area contributed by atoms with Gasteiger partial charge in [0.05, 0.1) is 14.2 Å². The van der Waals surface area contributed by atoms with Crippen molar-refractivity contribution >= 4 is 0 Å². The first kappa shape index (κ1) is 15.8. The normalized spacial score (nSPS) is 10.8. The highest BCUT2D eigenvalue weighted by Gasteiger charge is 2.04. The minimum atomic E-state index is 0.554. The number of nitrogens with one attached hydrogen (secondary N) is 2. The summed E-state index contributed by atoms with van der Waals surface area (Å²) in [6.07, 6.45) is 1.12. The van der Waals surface area contributed by atoms with Crippen molar-refractivity contribution in [3.8, 4) is 11.5 Å². The lowest BCUT2D eigenvalue weighted by Gasteiger charge is -2.12. The molecule has 0 heterocycles. The highest BCUT2D eigenvalue weighted by Crippen LogP contribution is 2.23. The first-order valence-electron chi connectivity index (χ1n) is 6.82. The Balaban J connectivity index is 2.35. The van der Waals surface area contributed by atoms with E-state index in [2.05, 4.69) is 24.5 Å². The maximum Gasteiger partial charge on any atom is 0.123 e. The predicted molar refractivity (Wildman–Crippen MR) is 79.0 cm³/mol. The van der Waals surface area contributed by atoms with Crippen molar-refractivity contribution in [2.24, 2.45) is 0 Å². The Hall–Kier alpha value is -1.26. The molecule has 108 valence electrons. The summed E-state index contributed by atoms with van der Waals surface area (Å²) in [5, 5.41) is 6.83. The fourth-order valence-corrected chi connectivity index (χ4v) is 1.85. The summed E-state index contributed by atoms with van der Waals surface area (Å²) in [5.74, 6) is 1.76. The second-order valence-electron chi connectivity index (χ2n) is 4.82. The second-order valence-corrected chi connectivity index (χ2v) is 4.82. The summed E-state index contributed by atoms with van der Waals surface area (Å²) in [7, 11) is 3.37. The molecule has 0 saturated heterocycles. The Bertz CT molecular complexity index is 367. The van der Waals surface area contributed by atoms with Crippen LogP contribution in [0.2, 0.25) is 0 Å². The van der Waals surface area contributed by atoms with Gasteiger partial charge in [-0.05, 0) is 37.7 Å². The van der Waals surface area contributed by atoms with Gasteiger partial charge in [0.15, 0.2) is 0 Å². The molecule has 0 aliphatic heterocycles. The van der Waals surface area contributed by atoms with Crippen LogP contribution in [0.15, 0.2) is 18.2 Å². The SMILES string of the molecule is COc1ccc(OC)c(CNCCCNC(C)C)c1. The van der Waals surface area contributed by atoms with Crippen molar-refractivity contribution in [2.75, 3.05) is 27.3 Å². The molecule has 0 spiro atoms. The number of ether oxygens (including phenoxy) is 2. The van der Waals surface area contributed by atoms with Crippen LogP contribution in [0.4, 0.5) is 0 Å². The van der Waals surface area contributed by atoms with Gasteiger partial charge in [0, 0.05) is 18.2 Å². The van der Waals surface area contributed by atoms with Crippen molar-refractivity contribution in [3.05, 3.63) is 23.8 Å². The molecule has 0 unspecified atom stereocenters. The summed E-state index contributed by atoms with van der Waals surface area (Å²) in [5.41, 5.74) is 1.12. The van der Waals surface area contributed by atoms with E-state index in [-0.39, 0.29) is 0 Å². The molecule has 1 aromatic carbocycles. The molecular formula is C15H26N2O2. The third-order valence-electron chi connectivity index (χ3n) is 2.89. The summed E-state index contributed by atoms with van der Waals surface area (Å²) in [6, 6.07) is 6.42. The van der Waals surface area contributed by atoms with Crippen LogP contribution < -0.4 is 20.1 Å². The van der Waals surface area contributed by atoms with Gasteiger partial charge in [0.1, 0.15) is 11.5 Å². The number of hydrogen-bond acceptors (Lipinski definition) is 4. The molecule has 0 saturated carbocycles. The standard InChI is InChI=1S/C15H26N2O2/c1-12(2)17-9-5-8-16-11-13-10-14(18-3)6-7-15(13)19-4/h6-7,10,12,16-17H,5,8-9,11H2,1-4H3. The molecule has 4 nitrogen and oxygen atoms in total. The molecule has 19 heavy (non-hydrogen) atoms. The van der Waals surface area contributed by atoms with E-state index in [0.29, 0.717) is 6.04 Å². The monoisotopic (exact) mass is 266 g/mol. The summed E-state index contributed by atoms with van der Waals surface area (Å²) < 4.78 is 10.6. The zero-order valence-corrected chi connectivity index (χ0v) is 12.5. The predicted octanol–water partition coefficient (Wildman–Crippen LogP) is 2.18. The van der Waals surface area contributed by atoms with Crippen molar-refractivity contribution in [2.45, 2.75) is 32.9 Å². The quantitative estimate of drug-likeness (QED) is 0.672. The van der Waals surface area contributed by atoms with Crippen LogP contribution >= 0.6 is 0 Å². The van der Waals surface area contributed by atoms with Gasteiger partial charge < -0.3 is 20.1 Å². The molecule has 2 N–H and O–H groups in total. The number of benzene rings is 1. The van der Waals surface area contributed by atoms with Crippen LogP contribution in [-0.4, -0.2) is 33.4 Å². The van der Waals surface area contributed by atoms with Gasteiger partial charge in [-0.3, -0.25) is 0 Å². The maximum atomic E-state index is 5.35. The Kier molecular flexibility index (Phi) is 7.30. The molecular weight excluding hydrogens is 240 g/mol. The zero-order chi connectivity index (χ0) is 14.1.